The van der Waals surface area contributed by atoms with Crippen LogP contribution in [0, 0.1) is 0 Å². The molecule has 1 amide bonds. The summed E-state index contributed by atoms with van der Waals surface area (Å²) in [6.07, 6.45) is -3.28. The second-order valence-corrected chi connectivity index (χ2v) is 7.09. The van der Waals surface area contributed by atoms with E-state index in [9.17, 15) is 18.0 Å². The third-order valence-electron chi connectivity index (χ3n) is 3.14. The van der Waals surface area contributed by atoms with Crippen LogP contribution in [0.5, 0.6) is 0 Å². The van der Waals surface area contributed by atoms with Crippen molar-refractivity contribution in [3.8, 4) is 11.4 Å². The van der Waals surface area contributed by atoms with Gasteiger partial charge in [0.2, 0.25) is 5.82 Å². The lowest BCUT2D eigenvalue weighted by molar-refractivity contribution is -0.137. The Kier molecular flexibility index (Phi) is 4.98. The largest absolute Gasteiger partial charge is 0.444 e. The van der Waals surface area contributed by atoms with E-state index in [0.29, 0.717) is 0 Å². The second kappa shape index (κ2) is 6.58. The molecular weight excluding hydrogens is 353 g/mol. The minimum absolute atomic E-state index is 0.0738. The van der Waals surface area contributed by atoms with E-state index in [1.165, 1.54) is 0 Å². The molecule has 0 unspecified atom stereocenters. The number of nitrogens with zero attached hydrogens (tertiary/aromatic N) is 3. The summed E-state index contributed by atoms with van der Waals surface area (Å²) in [5.74, 6) is -0.352. The highest BCUT2D eigenvalue weighted by molar-refractivity contribution is 5.69. The van der Waals surface area contributed by atoms with Gasteiger partial charge in [0.1, 0.15) is 11.1 Å². The number of aromatic nitrogens is 3. The summed E-state index contributed by atoms with van der Waals surface area (Å²) in [5, 5.41) is 6.13. The molecule has 2 aromatic heterocycles. The van der Waals surface area contributed by atoms with Crippen molar-refractivity contribution < 1.29 is 27.2 Å². The number of carbonyl (C=O) groups is 1. The normalized spacial score (nSPS) is 12.8. The van der Waals surface area contributed by atoms with Crippen LogP contribution in [0.15, 0.2) is 23.0 Å². The molecule has 0 atom stereocenters. The smallest absolute Gasteiger partial charge is 0.417 e. The Morgan fingerprint density at radius 3 is 2.42 bits per heavy atom. The van der Waals surface area contributed by atoms with Crippen LogP contribution < -0.4 is 5.32 Å². The van der Waals surface area contributed by atoms with E-state index in [1.807, 2.05) is 0 Å². The van der Waals surface area contributed by atoms with Crippen molar-refractivity contribution in [2.24, 2.45) is 0 Å². The molecule has 0 saturated carbocycles. The SMILES string of the molecule is CC(C)(C)OC(=O)NC(C)(C)c1nc(-c2cnccc2C(F)(F)F)no1. The van der Waals surface area contributed by atoms with Gasteiger partial charge in [-0.2, -0.15) is 18.2 Å². The first-order valence-electron chi connectivity index (χ1n) is 7.66. The summed E-state index contributed by atoms with van der Waals surface area (Å²) < 4.78 is 49.6. The predicted molar refractivity (Wildman–Crippen MR) is 84.9 cm³/mol. The Hall–Kier alpha value is -2.65. The molecule has 0 saturated heterocycles. The van der Waals surface area contributed by atoms with E-state index in [-0.39, 0.29) is 17.3 Å². The average Bonchev–Trinajstić information content (AvgIpc) is 2.94. The molecule has 2 aromatic rings. The number of nitrogens with one attached hydrogen (secondary N) is 1. The number of hydrogen-bond donors (Lipinski definition) is 1. The Labute approximate surface area is 147 Å². The predicted octanol–water partition coefficient (Wildman–Crippen LogP) is 3.91. The van der Waals surface area contributed by atoms with E-state index in [1.54, 1.807) is 34.6 Å². The molecule has 10 heteroatoms. The Morgan fingerprint density at radius 1 is 1.19 bits per heavy atom. The summed E-state index contributed by atoms with van der Waals surface area (Å²) in [6, 6.07) is 0.829. The highest BCUT2D eigenvalue weighted by atomic mass is 19.4. The average molecular weight is 372 g/mol. The van der Waals surface area contributed by atoms with Gasteiger partial charge in [0.25, 0.3) is 5.89 Å². The van der Waals surface area contributed by atoms with Crippen LogP contribution in [0.4, 0.5) is 18.0 Å². The van der Waals surface area contributed by atoms with Crippen molar-refractivity contribution in [3.05, 3.63) is 29.9 Å². The maximum atomic E-state index is 13.1. The molecule has 0 spiro atoms. The zero-order valence-electron chi connectivity index (χ0n) is 14.9. The third kappa shape index (κ3) is 4.70. The number of halogens is 3. The molecule has 1 N–H and O–H groups in total. The van der Waals surface area contributed by atoms with Crippen LogP contribution in [0.2, 0.25) is 0 Å². The van der Waals surface area contributed by atoms with Gasteiger partial charge in [-0.3, -0.25) is 4.98 Å². The van der Waals surface area contributed by atoms with Gasteiger partial charge in [0, 0.05) is 12.4 Å². The third-order valence-corrected chi connectivity index (χ3v) is 3.14. The molecular formula is C16H19F3N4O3. The van der Waals surface area contributed by atoms with Gasteiger partial charge in [0.05, 0.1) is 11.1 Å². The number of pyridine rings is 1. The lowest BCUT2D eigenvalue weighted by Crippen LogP contribution is -2.44. The Bertz CT molecular complexity index is 795. The maximum Gasteiger partial charge on any atom is 0.417 e. The number of amides is 1. The van der Waals surface area contributed by atoms with Gasteiger partial charge in [-0.1, -0.05) is 5.16 Å². The van der Waals surface area contributed by atoms with Gasteiger partial charge in [-0.25, -0.2) is 4.79 Å². The van der Waals surface area contributed by atoms with Gasteiger partial charge in [-0.05, 0) is 40.7 Å². The molecule has 0 aliphatic carbocycles. The molecule has 0 aliphatic heterocycles. The molecule has 0 bridgehead atoms. The second-order valence-electron chi connectivity index (χ2n) is 7.09. The maximum absolute atomic E-state index is 13.1. The van der Waals surface area contributed by atoms with E-state index >= 15 is 0 Å². The van der Waals surface area contributed by atoms with Gasteiger partial charge < -0.3 is 14.6 Å². The minimum atomic E-state index is -4.59. The molecule has 0 fully saturated rings. The topological polar surface area (TPSA) is 90.1 Å². The van der Waals surface area contributed by atoms with Crippen molar-refractivity contribution in [2.75, 3.05) is 0 Å². The first-order chi connectivity index (χ1) is 11.8. The zero-order chi connectivity index (χ0) is 19.8. The lowest BCUT2D eigenvalue weighted by atomic mass is 10.1. The first-order valence-corrected chi connectivity index (χ1v) is 7.66. The molecule has 142 valence electrons. The zero-order valence-corrected chi connectivity index (χ0v) is 14.9. The van der Waals surface area contributed by atoms with Crippen molar-refractivity contribution in [1.29, 1.82) is 0 Å². The van der Waals surface area contributed by atoms with Crippen LogP contribution in [-0.2, 0) is 16.5 Å². The molecule has 0 radical (unpaired) electrons. The molecule has 2 rings (SSSR count). The van der Waals surface area contributed by atoms with E-state index < -0.39 is 29.0 Å². The van der Waals surface area contributed by atoms with Crippen molar-refractivity contribution in [3.63, 3.8) is 0 Å². The van der Waals surface area contributed by atoms with E-state index in [4.69, 9.17) is 9.26 Å². The Morgan fingerprint density at radius 2 is 1.85 bits per heavy atom. The number of hydrogen-bond acceptors (Lipinski definition) is 6. The Balaban J connectivity index is 2.29. The summed E-state index contributed by atoms with van der Waals surface area (Å²) in [4.78, 5) is 19.6. The number of rotatable bonds is 3. The van der Waals surface area contributed by atoms with Crippen LogP contribution >= 0.6 is 0 Å². The molecule has 26 heavy (non-hydrogen) atoms. The highest BCUT2D eigenvalue weighted by Crippen LogP contribution is 2.35. The van der Waals surface area contributed by atoms with Crippen molar-refractivity contribution >= 4 is 6.09 Å². The van der Waals surface area contributed by atoms with Crippen LogP contribution in [-0.4, -0.2) is 26.8 Å². The van der Waals surface area contributed by atoms with Gasteiger partial charge >= 0.3 is 12.3 Å². The van der Waals surface area contributed by atoms with Crippen LogP contribution in [0.3, 0.4) is 0 Å². The first kappa shape index (κ1) is 19.7. The fourth-order valence-electron chi connectivity index (χ4n) is 2.02. The fourth-order valence-corrected chi connectivity index (χ4v) is 2.02. The summed E-state index contributed by atoms with van der Waals surface area (Å²) in [7, 11) is 0. The number of carbonyl (C=O) groups excluding carboxylic acids is 1. The highest BCUT2D eigenvalue weighted by Gasteiger charge is 2.36. The van der Waals surface area contributed by atoms with Crippen molar-refractivity contribution in [2.45, 2.75) is 51.9 Å². The lowest BCUT2D eigenvalue weighted by Gasteiger charge is -2.25. The molecule has 7 nitrogen and oxygen atoms in total. The van der Waals surface area contributed by atoms with Crippen LogP contribution in [0.1, 0.15) is 46.1 Å². The van der Waals surface area contributed by atoms with Gasteiger partial charge in [0.15, 0.2) is 0 Å². The summed E-state index contributed by atoms with van der Waals surface area (Å²) in [5.41, 5.74) is -3.12. The summed E-state index contributed by atoms with van der Waals surface area (Å²) in [6.45, 7) is 8.21. The monoisotopic (exact) mass is 372 g/mol. The van der Waals surface area contributed by atoms with Crippen LogP contribution in [0.25, 0.3) is 11.4 Å². The molecule has 2 heterocycles. The molecule has 0 aromatic carbocycles. The standard InChI is InChI=1S/C16H19F3N4O3/c1-14(2,3)25-13(24)22-15(4,5)12-21-11(23-26-12)9-8-20-7-6-10(9)16(17,18)19/h6-8H,1-5H3,(H,22,24). The summed E-state index contributed by atoms with van der Waals surface area (Å²) >= 11 is 0. The minimum Gasteiger partial charge on any atom is -0.444 e. The quantitative estimate of drug-likeness (QED) is 0.879. The van der Waals surface area contributed by atoms with Crippen molar-refractivity contribution in [1.82, 2.24) is 20.4 Å². The van der Waals surface area contributed by atoms with E-state index in [2.05, 4.69) is 20.4 Å². The molecule has 0 aliphatic rings. The van der Waals surface area contributed by atoms with Gasteiger partial charge in [-0.15, -0.1) is 0 Å². The number of ether oxygens (including phenoxy) is 1. The van der Waals surface area contributed by atoms with E-state index in [0.717, 1.165) is 18.5 Å². The number of alkyl halides is 3. The number of alkyl carbamates (subject to hydrolysis) is 1. The fraction of sp³-hybridized carbons (Fsp3) is 0.500.